The monoisotopic (exact) mass is 436 g/mol. The number of carbonyl (C=O) groups excluding carboxylic acids is 2. The van der Waals surface area contributed by atoms with Gasteiger partial charge >= 0.3 is 0 Å². The Labute approximate surface area is 166 Å². The Morgan fingerprint density at radius 1 is 1.04 bits per heavy atom. The van der Waals surface area contributed by atoms with Gasteiger partial charge in [0.15, 0.2) is 11.5 Å². The van der Waals surface area contributed by atoms with Gasteiger partial charge in [-0.3, -0.25) is 9.59 Å². The van der Waals surface area contributed by atoms with Crippen LogP contribution in [0.1, 0.15) is 17.3 Å². The third kappa shape index (κ3) is 5.70. The molecular weight excluding hydrogens is 416 g/mol. The summed E-state index contributed by atoms with van der Waals surface area (Å²) in [6, 6.07) is 10.1. The van der Waals surface area contributed by atoms with Crippen LogP contribution in [0.15, 0.2) is 40.9 Å². The topological polar surface area (TPSA) is 85.9 Å². The molecule has 0 heterocycles. The molecule has 0 spiro atoms. The maximum Gasteiger partial charge on any atom is 0.255 e. The minimum atomic E-state index is -0.298. The van der Waals surface area contributed by atoms with E-state index in [1.54, 1.807) is 36.4 Å². The first-order valence-corrected chi connectivity index (χ1v) is 8.98. The van der Waals surface area contributed by atoms with Crippen LogP contribution in [0.2, 0.25) is 0 Å². The van der Waals surface area contributed by atoms with Crippen LogP contribution in [-0.2, 0) is 9.53 Å². The van der Waals surface area contributed by atoms with E-state index in [2.05, 4.69) is 26.6 Å². The molecule has 0 aliphatic heterocycles. The number of hydrogen-bond donors (Lipinski definition) is 2. The third-order valence-corrected chi connectivity index (χ3v) is 4.07. The Kier molecular flexibility index (Phi) is 7.63. The molecule has 0 aliphatic carbocycles. The van der Waals surface area contributed by atoms with Gasteiger partial charge in [-0.25, -0.2) is 0 Å². The van der Waals surface area contributed by atoms with Crippen molar-refractivity contribution in [3.8, 4) is 11.5 Å². The lowest BCUT2D eigenvalue weighted by atomic mass is 10.1. The maximum absolute atomic E-state index is 12.5. The van der Waals surface area contributed by atoms with Crippen molar-refractivity contribution in [2.75, 3.05) is 38.1 Å². The Morgan fingerprint density at radius 2 is 1.67 bits per heavy atom. The summed E-state index contributed by atoms with van der Waals surface area (Å²) in [6.45, 7) is 2.33. The lowest BCUT2D eigenvalue weighted by Crippen LogP contribution is -2.17. The van der Waals surface area contributed by atoms with Crippen molar-refractivity contribution in [3.05, 3.63) is 46.4 Å². The van der Waals surface area contributed by atoms with Gasteiger partial charge in [-0.05, 0) is 59.3 Å². The lowest BCUT2D eigenvalue weighted by molar-refractivity contribution is -0.119. The average Bonchev–Trinajstić information content (AvgIpc) is 2.65. The minimum Gasteiger partial charge on any atom is -0.493 e. The van der Waals surface area contributed by atoms with Gasteiger partial charge in [-0.2, -0.15) is 0 Å². The molecule has 8 heteroatoms. The molecule has 2 rings (SSSR count). The standard InChI is InChI=1S/C19H21BrN2O5/c1-4-27-18-15(20)9-12(10-16(18)26-3)19(24)22-14-7-5-13(6-8-14)21-17(23)11-25-2/h5-10H,4,11H2,1-3H3,(H,21,23)(H,22,24). The van der Waals surface area contributed by atoms with Crippen LogP contribution in [0.25, 0.3) is 0 Å². The van der Waals surface area contributed by atoms with E-state index in [4.69, 9.17) is 14.2 Å². The average molecular weight is 437 g/mol. The first kappa shape index (κ1) is 20.7. The van der Waals surface area contributed by atoms with Crippen LogP contribution in [-0.4, -0.2) is 39.2 Å². The normalized spacial score (nSPS) is 10.2. The molecule has 0 bridgehead atoms. The van der Waals surface area contributed by atoms with Gasteiger partial charge in [0, 0.05) is 24.0 Å². The van der Waals surface area contributed by atoms with Gasteiger partial charge in [0.1, 0.15) is 6.61 Å². The summed E-state index contributed by atoms with van der Waals surface area (Å²) in [5.41, 5.74) is 1.62. The van der Waals surface area contributed by atoms with Gasteiger partial charge in [0.05, 0.1) is 18.2 Å². The van der Waals surface area contributed by atoms with Crippen molar-refractivity contribution < 1.29 is 23.8 Å². The number of rotatable bonds is 8. The van der Waals surface area contributed by atoms with Gasteiger partial charge in [0.25, 0.3) is 5.91 Å². The van der Waals surface area contributed by atoms with E-state index in [9.17, 15) is 9.59 Å². The molecule has 0 radical (unpaired) electrons. The van der Waals surface area contributed by atoms with Crippen molar-refractivity contribution >= 4 is 39.1 Å². The summed E-state index contributed by atoms with van der Waals surface area (Å²) in [5.74, 6) is 0.467. The second kappa shape index (κ2) is 9.94. The van der Waals surface area contributed by atoms with Crippen LogP contribution in [0.4, 0.5) is 11.4 Å². The Balaban J connectivity index is 2.10. The molecule has 2 amide bonds. The lowest BCUT2D eigenvalue weighted by Gasteiger charge is -2.13. The number of ether oxygens (including phenoxy) is 3. The first-order chi connectivity index (χ1) is 13.0. The molecule has 2 aromatic rings. The number of amides is 2. The Hall–Kier alpha value is -2.58. The first-order valence-electron chi connectivity index (χ1n) is 8.19. The van der Waals surface area contributed by atoms with E-state index in [1.165, 1.54) is 14.2 Å². The number of halogens is 1. The molecule has 2 N–H and O–H groups in total. The quantitative estimate of drug-likeness (QED) is 0.658. The number of anilines is 2. The zero-order valence-electron chi connectivity index (χ0n) is 15.3. The number of hydrogen-bond acceptors (Lipinski definition) is 5. The number of nitrogens with one attached hydrogen (secondary N) is 2. The van der Waals surface area contributed by atoms with E-state index in [0.29, 0.717) is 39.5 Å². The van der Waals surface area contributed by atoms with Crippen LogP contribution in [0.5, 0.6) is 11.5 Å². The molecule has 0 aromatic heterocycles. The number of carbonyl (C=O) groups is 2. The van der Waals surface area contributed by atoms with Crippen LogP contribution >= 0.6 is 15.9 Å². The molecular formula is C19H21BrN2O5. The molecule has 144 valence electrons. The molecule has 0 saturated carbocycles. The Morgan fingerprint density at radius 3 is 2.22 bits per heavy atom. The summed E-state index contributed by atoms with van der Waals surface area (Å²) in [5, 5.41) is 5.48. The highest BCUT2D eigenvalue weighted by Gasteiger charge is 2.15. The van der Waals surface area contributed by atoms with Crippen LogP contribution in [0, 0.1) is 0 Å². The molecule has 0 saturated heterocycles. The molecule has 0 aliphatic rings. The van der Waals surface area contributed by atoms with Gasteiger partial charge in [-0.15, -0.1) is 0 Å². The molecule has 0 unspecified atom stereocenters. The highest BCUT2D eigenvalue weighted by atomic mass is 79.9. The second-order valence-electron chi connectivity index (χ2n) is 5.44. The summed E-state index contributed by atoms with van der Waals surface area (Å²) in [6.07, 6.45) is 0. The molecule has 0 fully saturated rings. The minimum absolute atomic E-state index is 0.0209. The zero-order chi connectivity index (χ0) is 19.8. The van der Waals surface area contributed by atoms with Crippen molar-refractivity contribution in [1.29, 1.82) is 0 Å². The van der Waals surface area contributed by atoms with E-state index >= 15 is 0 Å². The van der Waals surface area contributed by atoms with Crippen molar-refractivity contribution in [2.24, 2.45) is 0 Å². The predicted molar refractivity (Wildman–Crippen MR) is 107 cm³/mol. The van der Waals surface area contributed by atoms with Crippen molar-refractivity contribution in [2.45, 2.75) is 6.92 Å². The Bertz CT molecular complexity index is 808. The predicted octanol–water partition coefficient (Wildman–Crippen LogP) is 3.69. The molecule has 0 atom stereocenters. The van der Waals surface area contributed by atoms with E-state index in [1.807, 2.05) is 6.92 Å². The summed E-state index contributed by atoms with van der Waals surface area (Å²) >= 11 is 3.40. The fourth-order valence-electron chi connectivity index (χ4n) is 2.30. The maximum atomic E-state index is 12.5. The van der Waals surface area contributed by atoms with Gasteiger partial charge < -0.3 is 24.8 Å². The smallest absolute Gasteiger partial charge is 0.255 e. The zero-order valence-corrected chi connectivity index (χ0v) is 16.9. The number of methoxy groups -OCH3 is 2. The van der Waals surface area contributed by atoms with E-state index < -0.39 is 0 Å². The fourth-order valence-corrected chi connectivity index (χ4v) is 2.86. The van der Waals surface area contributed by atoms with Crippen LogP contribution < -0.4 is 20.1 Å². The van der Waals surface area contributed by atoms with Gasteiger partial charge in [-0.1, -0.05) is 0 Å². The third-order valence-electron chi connectivity index (χ3n) is 3.48. The summed E-state index contributed by atoms with van der Waals surface area (Å²) in [7, 11) is 2.97. The van der Waals surface area contributed by atoms with Gasteiger partial charge in [0.2, 0.25) is 5.91 Å². The molecule has 27 heavy (non-hydrogen) atoms. The summed E-state index contributed by atoms with van der Waals surface area (Å²) < 4.78 is 16.2. The highest BCUT2D eigenvalue weighted by Crippen LogP contribution is 2.36. The fraction of sp³-hybridized carbons (Fsp3) is 0.263. The van der Waals surface area contributed by atoms with Crippen LogP contribution in [0.3, 0.4) is 0 Å². The second-order valence-corrected chi connectivity index (χ2v) is 6.29. The summed E-state index contributed by atoms with van der Waals surface area (Å²) in [4.78, 5) is 24.0. The number of benzene rings is 2. The highest BCUT2D eigenvalue weighted by molar-refractivity contribution is 9.10. The molecule has 7 nitrogen and oxygen atoms in total. The van der Waals surface area contributed by atoms with E-state index in [-0.39, 0.29) is 18.4 Å². The largest absolute Gasteiger partial charge is 0.493 e. The SMILES string of the molecule is CCOc1c(Br)cc(C(=O)Nc2ccc(NC(=O)COC)cc2)cc1OC. The van der Waals surface area contributed by atoms with E-state index in [0.717, 1.165) is 0 Å². The van der Waals surface area contributed by atoms with Crippen molar-refractivity contribution in [3.63, 3.8) is 0 Å². The van der Waals surface area contributed by atoms with Crippen molar-refractivity contribution in [1.82, 2.24) is 0 Å². The molecule has 2 aromatic carbocycles.